The number of rotatable bonds is 1. The van der Waals surface area contributed by atoms with Crippen LogP contribution < -0.4 is 51.4 Å². The van der Waals surface area contributed by atoms with Gasteiger partial charge in [0.05, 0.1) is 17.0 Å². The number of carbonyl (C=O) groups is 1. The van der Waals surface area contributed by atoms with Gasteiger partial charge < -0.3 is 25.7 Å². The van der Waals surface area contributed by atoms with Gasteiger partial charge in [0.15, 0.2) is 11.3 Å². The van der Waals surface area contributed by atoms with Crippen LogP contribution in [0, 0.1) is 15.6 Å². The van der Waals surface area contributed by atoms with Crippen molar-refractivity contribution < 1.29 is 66.1 Å². The van der Waals surface area contributed by atoms with Gasteiger partial charge in [-0.05, 0) is 73.6 Å². The molecule has 2 aliphatic heterocycles. The number of hydroxylamine groups is 7. The molecule has 30 heavy (non-hydrogen) atoms. The molecule has 0 spiro atoms. The summed E-state index contributed by atoms with van der Waals surface area (Å²) >= 11 is 0. The van der Waals surface area contributed by atoms with E-state index < -0.39 is 27.9 Å². The summed E-state index contributed by atoms with van der Waals surface area (Å²) in [5, 5.41) is 51.5. The fourth-order valence-electron chi connectivity index (χ4n) is 3.53. The van der Waals surface area contributed by atoms with Gasteiger partial charge in [0.1, 0.15) is 5.54 Å². The first-order chi connectivity index (χ1) is 13.0. The van der Waals surface area contributed by atoms with E-state index in [0.29, 0.717) is 14.9 Å². The van der Waals surface area contributed by atoms with E-state index in [1.807, 2.05) is 0 Å². The molecule has 10 heteroatoms. The minimum atomic E-state index is -1.08. The summed E-state index contributed by atoms with van der Waals surface area (Å²) < 4.78 is 0.688. The number of amidine groups is 1. The second-order valence-electron chi connectivity index (χ2n) is 9.79. The van der Waals surface area contributed by atoms with Crippen LogP contribution in [0.25, 0.3) is 0 Å². The predicted molar refractivity (Wildman–Crippen MR) is 108 cm³/mol. The molecule has 0 radical (unpaired) electrons. The Kier molecular flexibility index (Phi) is 6.31. The van der Waals surface area contributed by atoms with Gasteiger partial charge in [0.25, 0.3) is 0 Å². The van der Waals surface area contributed by atoms with Crippen molar-refractivity contribution in [3.05, 3.63) is 50.8 Å². The Morgan fingerprint density at radius 1 is 0.900 bits per heavy atom. The maximum atomic E-state index is 13.0. The minimum Gasteiger partial charge on any atom is -0.757 e. The third-order valence-corrected chi connectivity index (χ3v) is 7.30. The van der Waals surface area contributed by atoms with Gasteiger partial charge in [0, 0.05) is 11.1 Å². The Balaban J connectivity index is 0.00000320. The summed E-state index contributed by atoms with van der Waals surface area (Å²) in [4.78, 5) is 12.6. The van der Waals surface area contributed by atoms with Crippen molar-refractivity contribution in [2.75, 3.05) is 0 Å². The Morgan fingerprint density at radius 2 is 1.37 bits per heavy atom. The van der Waals surface area contributed by atoms with Crippen LogP contribution in [-0.2, 0) is 4.79 Å². The molecule has 9 nitrogen and oxygen atoms in total. The molecule has 1 aliphatic carbocycles. The second-order valence-corrected chi connectivity index (χ2v) is 9.79. The van der Waals surface area contributed by atoms with Crippen LogP contribution in [0.3, 0.4) is 0 Å². The van der Waals surface area contributed by atoms with Gasteiger partial charge in [-0.3, -0.25) is 9.53 Å². The molecular weight excluding hydrogens is 415 g/mol. The summed E-state index contributed by atoms with van der Waals surface area (Å²) in [6, 6.07) is 0. The van der Waals surface area contributed by atoms with Crippen molar-refractivity contribution in [2.45, 2.75) is 77.5 Å². The van der Waals surface area contributed by atoms with Gasteiger partial charge in [-0.2, -0.15) is 0 Å². The van der Waals surface area contributed by atoms with Gasteiger partial charge in [-0.15, -0.1) is 5.06 Å². The van der Waals surface area contributed by atoms with Crippen molar-refractivity contribution in [1.29, 1.82) is 0 Å². The molecule has 0 aromatic rings. The van der Waals surface area contributed by atoms with Crippen molar-refractivity contribution in [3.63, 3.8) is 0 Å². The monoisotopic (exact) mass is 443 g/mol. The Morgan fingerprint density at radius 3 is 1.77 bits per heavy atom. The van der Waals surface area contributed by atoms with Crippen LogP contribution in [0.4, 0.5) is 0 Å². The molecule has 3 aliphatic rings. The van der Waals surface area contributed by atoms with E-state index in [9.17, 15) is 25.6 Å². The van der Waals surface area contributed by atoms with Crippen molar-refractivity contribution in [3.8, 4) is 0 Å². The summed E-state index contributed by atoms with van der Waals surface area (Å²) in [7, 11) is 0. The normalized spacial score (nSPS) is 26.4. The summed E-state index contributed by atoms with van der Waals surface area (Å²) in [5.41, 5.74) is -3.90. The molecule has 160 valence electrons. The molecule has 0 unspecified atom stereocenters. The SMILES string of the molecule is CC1(C)N([O-])C(=C2C=C(C3=[N+]([O-])C(C)(C)C(C)(C)N3O)C=CC2=O)N([O-])C1(C)C.[K+]. The van der Waals surface area contributed by atoms with Gasteiger partial charge in [-0.1, -0.05) is 0 Å². The Labute approximate surface area is 219 Å². The quantitative estimate of drug-likeness (QED) is 0.252. The molecule has 1 saturated heterocycles. The van der Waals surface area contributed by atoms with Crippen molar-refractivity contribution in [2.24, 2.45) is 0 Å². The predicted octanol–water partition coefficient (Wildman–Crippen LogP) is -0.391. The van der Waals surface area contributed by atoms with E-state index in [0.717, 1.165) is 5.06 Å². The first-order valence-electron chi connectivity index (χ1n) is 9.48. The van der Waals surface area contributed by atoms with Crippen molar-refractivity contribution >= 4 is 11.6 Å². The molecule has 0 saturated carbocycles. The number of hydrogen-bond donors (Lipinski definition) is 1. The van der Waals surface area contributed by atoms with Gasteiger partial charge >= 0.3 is 57.2 Å². The zero-order valence-electron chi connectivity index (χ0n) is 19.1. The summed E-state index contributed by atoms with van der Waals surface area (Å²) in [6.45, 7) is 13.4. The first-order valence-corrected chi connectivity index (χ1v) is 9.48. The largest absolute Gasteiger partial charge is 1.00 e. The third-order valence-electron chi connectivity index (χ3n) is 7.30. The molecular formula is C20H28KN4O5-. The molecule has 3 rings (SSSR count). The number of carbonyl (C=O) groups excluding carboxylic acids is 1. The third kappa shape index (κ3) is 3.07. The van der Waals surface area contributed by atoms with E-state index in [4.69, 9.17) is 0 Å². The average Bonchev–Trinajstić information content (AvgIpc) is 2.81. The minimum absolute atomic E-state index is 0. The molecule has 0 aromatic carbocycles. The number of allylic oxidation sites excluding steroid dienone is 3. The van der Waals surface area contributed by atoms with E-state index in [1.165, 1.54) is 18.2 Å². The smallest absolute Gasteiger partial charge is 0.757 e. The maximum absolute atomic E-state index is 13.0. The van der Waals surface area contributed by atoms with Crippen LogP contribution in [-0.4, -0.2) is 58.9 Å². The zero-order valence-corrected chi connectivity index (χ0v) is 22.2. The zero-order chi connectivity index (χ0) is 22.3. The molecule has 0 amide bonds. The van der Waals surface area contributed by atoms with Gasteiger partial charge in [-0.25, -0.2) is 5.21 Å². The molecule has 2 heterocycles. The topological polar surface area (TPSA) is 119 Å². The fraction of sp³-hybridized carbons (Fsp3) is 0.600. The van der Waals surface area contributed by atoms with Crippen LogP contribution >= 0.6 is 0 Å². The molecule has 1 N–H and O–H groups in total. The van der Waals surface area contributed by atoms with Crippen LogP contribution in [0.1, 0.15) is 55.4 Å². The van der Waals surface area contributed by atoms with Crippen LogP contribution in [0.2, 0.25) is 0 Å². The number of ketones is 1. The van der Waals surface area contributed by atoms with E-state index in [-0.39, 0.29) is 74.2 Å². The van der Waals surface area contributed by atoms with E-state index in [1.54, 1.807) is 55.4 Å². The summed E-state index contributed by atoms with van der Waals surface area (Å²) in [5.74, 6) is -0.864. The standard InChI is InChI=1S/C20H28N4O5.K/c1-17(2)18(3,4)22(27)15(21(17)26)12-9-10-14(25)13(11-12)16-23(28)19(5,6)20(7,8)24(16)29;/h9-11,26H,1-8H3;/q-2;+1. The molecule has 0 atom stereocenters. The average molecular weight is 444 g/mol. The first kappa shape index (κ1) is 25.5. The molecule has 0 bridgehead atoms. The van der Waals surface area contributed by atoms with Crippen molar-refractivity contribution in [1.82, 2.24) is 15.2 Å². The summed E-state index contributed by atoms with van der Waals surface area (Å²) in [6.07, 6.45) is 3.93. The van der Waals surface area contributed by atoms with E-state index >= 15 is 0 Å². The Bertz CT molecular complexity index is 892. The second kappa shape index (κ2) is 7.41. The van der Waals surface area contributed by atoms with Gasteiger partial charge in [0.2, 0.25) is 0 Å². The maximum Gasteiger partial charge on any atom is 1.00 e. The molecule has 0 aromatic heterocycles. The van der Waals surface area contributed by atoms with Crippen LogP contribution in [0.5, 0.6) is 0 Å². The Hall–Kier alpha value is -0.724. The fourth-order valence-corrected chi connectivity index (χ4v) is 3.53. The molecule has 1 fully saturated rings. The van der Waals surface area contributed by atoms with E-state index in [2.05, 4.69) is 0 Å². The number of hydrogen-bond acceptors (Lipinski definition) is 8. The van der Waals surface area contributed by atoms with Crippen LogP contribution in [0.15, 0.2) is 35.2 Å². The number of nitrogens with zero attached hydrogens (tertiary/aromatic N) is 4.